The minimum absolute atomic E-state index is 0.0926. The molecule has 1 N–H and O–H groups in total. The van der Waals surface area contributed by atoms with E-state index in [2.05, 4.69) is 5.32 Å². The van der Waals surface area contributed by atoms with Gasteiger partial charge in [-0.3, -0.25) is 19.8 Å². The maximum atomic E-state index is 12.3. The summed E-state index contributed by atoms with van der Waals surface area (Å²) in [6.45, 7) is 4.10. The molecule has 0 radical (unpaired) electrons. The van der Waals surface area contributed by atoms with Crippen molar-refractivity contribution in [2.24, 2.45) is 17.8 Å². The number of carbonyl (C=O) groups is 3. The quantitative estimate of drug-likeness (QED) is 0.797. The van der Waals surface area contributed by atoms with Gasteiger partial charge < -0.3 is 0 Å². The van der Waals surface area contributed by atoms with Gasteiger partial charge in [-0.25, -0.2) is 4.79 Å². The van der Waals surface area contributed by atoms with E-state index >= 15 is 0 Å². The Morgan fingerprint density at radius 1 is 1.26 bits per heavy atom. The molecule has 2 aliphatic rings. The van der Waals surface area contributed by atoms with Gasteiger partial charge in [0.25, 0.3) is 0 Å². The SMILES string of the molecule is CC(C)C1C(=O)NC(=O)N(CC2CCSCC2)C1=O. The molecular formula is C13H20N2O3S. The van der Waals surface area contributed by atoms with Crippen molar-refractivity contribution >= 4 is 29.6 Å². The summed E-state index contributed by atoms with van der Waals surface area (Å²) in [6, 6.07) is -0.551. The number of amides is 4. The van der Waals surface area contributed by atoms with Gasteiger partial charge in [-0.05, 0) is 36.2 Å². The Kier molecular flexibility index (Phi) is 4.50. The van der Waals surface area contributed by atoms with Crippen LogP contribution in [0.3, 0.4) is 0 Å². The molecule has 0 aromatic rings. The molecule has 2 aliphatic heterocycles. The first-order chi connectivity index (χ1) is 9.00. The highest BCUT2D eigenvalue weighted by Crippen LogP contribution is 2.26. The zero-order chi connectivity index (χ0) is 14.0. The third-order valence-electron chi connectivity index (χ3n) is 3.74. The second-order valence-corrected chi connectivity index (χ2v) is 6.75. The van der Waals surface area contributed by atoms with Crippen molar-refractivity contribution in [2.45, 2.75) is 26.7 Å². The van der Waals surface area contributed by atoms with Gasteiger partial charge in [-0.1, -0.05) is 13.8 Å². The third-order valence-corrected chi connectivity index (χ3v) is 4.79. The van der Waals surface area contributed by atoms with E-state index in [9.17, 15) is 14.4 Å². The molecule has 2 rings (SSSR count). The summed E-state index contributed by atoms with van der Waals surface area (Å²) in [6.07, 6.45) is 2.06. The van der Waals surface area contributed by atoms with Gasteiger partial charge in [-0.2, -0.15) is 11.8 Å². The molecule has 0 saturated carbocycles. The van der Waals surface area contributed by atoms with E-state index in [1.165, 1.54) is 4.90 Å². The van der Waals surface area contributed by atoms with Crippen molar-refractivity contribution in [1.82, 2.24) is 10.2 Å². The number of barbiturate groups is 1. The Hall–Kier alpha value is -1.04. The van der Waals surface area contributed by atoms with Crippen LogP contribution in [0, 0.1) is 17.8 Å². The molecule has 4 amide bonds. The number of nitrogens with zero attached hydrogens (tertiary/aromatic N) is 1. The van der Waals surface area contributed by atoms with Crippen LogP contribution in [0.5, 0.6) is 0 Å². The van der Waals surface area contributed by atoms with Crippen LogP contribution >= 0.6 is 11.8 Å². The van der Waals surface area contributed by atoms with E-state index in [4.69, 9.17) is 0 Å². The fraction of sp³-hybridized carbons (Fsp3) is 0.769. The van der Waals surface area contributed by atoms with E-state index in [0.29, 0.717) is 12.5 Å². The van der Waals surface area contributed by atoms with Crippen LogP contribution in [0.2, 0.25) is 0 Å². The fourth-order valence-corrected chi connectivity index (χ4v) is 3.78. The molecule has 0 aromatic carbocycles. The summed E-state index contributed by atoms with van der Waals surface area (Å²) < 4.78 is 0. The van der Waals surface area contributed by atoms with Crippen molar-refractivity contribution in [3.8, 4) is 0 Å². The number of thioether (sulfide) groups is 1. The Bertz CT molecular complexity index is 391. The predicted octanol–water partition coefficient (Wildman–Crippen LogP) is 1.48. The molecule has 1 atom stereocenters. The van der Waals surface area contributed by atoms with Crippen LogP contribution < -0.4 is 5.32 Å². The zero-order valence-corrected chi connectivity index (χ0v) is 12.2. The number of hydrogen-bond acceptors (Lipinski definition) is 4. The number of rotatable bonds is 3. The van der Waals surface area contributed by atoms with Crippen LogP contribution in [-0.2, 0) is 9.59 Å². The smallest absolute Gasteiger partial charge is 0.277 e. The summed E-state index contributed by atoms with van der Waals surface area (Å²) in [5.41, 5.74) is 0. The standard InChI is InChI=1S/C13H20N2O3S/c1-8(2)10-11(16)14-13(18)15(12(10)17)7-9-3-5-19-6-4-9/h8-10H,3-7H2,1-2H3,(H,14,16,18). The first kappa shape index (κ1) is 14.4. The number of hydrogen-bond donors (Lipinski definition) is 1. The lowest BCUT2D eigenvalue weighted by atomic mass is 9.91. The Morgan fingerprint density at radius 3 is 2.47 bits per heavy atom. The molecule has 2 saturated heterocycles. The van der Waals surface area contributed by atoms with Crippen molar-refractivity contribution in [1.29, 1.82) is 0 Å². The Labute approximate surface area is 117 Å². The highest BCUT2D eigenvalue weighted by atomic mass is 32.2. The highest BCUT2D eigenvalue weighted by Gasteiger charge is 2.42. The third kappa shape index (κ3) is 3.11. The minimum Gasteiger partial charge on any atom is -0.277 e. The maximum absolute atomic E-state index is 12.3. The van der Waals surface area contributed by atoms with Crippen molar-refractivity contribution in [3.63, 3.8) is 0 Å². The summed E-state index contributed by atoms with van der Waals surface area (Å²) >= 11 is 1.91. The van der Waals surface area contributed by atoms with Crippen LogP contribution in [0.4, 0.5) is 4.79 Å². The van der Waals surface area contributed by atoms with Gasteiger partial charge in [0.15, 0.2) is 0 Å². The fourth-order valence-electron chi connectivity index (χ4n) is 2.58. The van der Waals surface area contributed by atoms with Gasteiger partial charge in [0, 0.05) is 6.54 Å². The van der Waals surface area contributed by atoms with Crippen LogP contribution in [0.25, 0.3) is 0 Å². The summed E-state index contributed by atoms with van der Waals surface area (Å²) in [4.78, 5) is 37.1. The van der Waals surface area contributed by atoms with Gasteiger partial charge >= 0.3 is 6.03 Å². The van der Waals surface area contributed by atoms with Crippen molar-refractivity contribution < 1.29 is 14.4 Å². The molecule has 0 bridgehead atoms. The Balaban J connectivity index is 2.07. The molecule has 19 heavy (non-hydrogen) atoms. The lowest BCUT2D eigenvalue weighted by Gasteiger charge is -2.34. The van der Waals surface area contributed by atoms with Crippen LogP contribution in [0.1, 0.15) is 26.7 Å². The van der Waals surface area contributed by atoms with E-state index in [1.54, 1.807) is 0 Å². The lowest BCUT2D eigenvalue weighted by Crippen LogP contribution is -2.60. The van der Waals surface area contributed by atoms with E-state index in [0.717, 1.165) is 24.3 Å². The molecule has 5 nitrogen and oxygen atoms in total. The molecular weight excluding hydrogens is 264 g/mol. The Morgan fingerprint density at radius 2 is 1.89 bits per heavy atom. The summed E-state index contributed by atoms with van der Waals surface area (Å²) in [5, 5.41) is 2.30. The molecule has 0 aliphatic carbocycles. The average Bonchev–Trinajstić information content (AvgIpc) is 2.35. The molecule has 106 valence electrons. The maximum Gasteiger partial charge on any atom is 0.330 e. The predicted molar refractivity (Wildman–Crippen MR) is 73.6 cm³/mol. The molecule has 6 heteroatoms. The lowest BCUT2D eigenvalue weighted by molar-refractivity contribution is -0.144. The van der Waals surface area contributed by atoms with Crippen LogP contribution in [-0.4, -0.2) is 40.8 Å². The monoisotopic (exact) mass is 284 g/mol. The molecule has 2 heterocycles. The first-order valence-electron chi connectivity index (χ1n) is 6.74. The second-order valence-electron chi connectivity index (χ2n) is 5.52. The first-order valence-corrected chi connectivity index (χ1v) is 7.90. The summed E-state index contributed by atoms with van der Waals surface area (Å²) in [5.74, 6) is 0.932. The zero-order valence-electron chi connectivity index (χ0n) is 11.3. The van der Waals surface area contributed by atoms with Gasteiger partial charge in [0.1, 0.15) is 5.92 Å². The molecule has 0 spiro atoms. The second kappa shape index (κ2) is 5.94. The normalized spacial score (nSPS) is 25.9. The van der Waals surface area contributed by atoms with E-state index in [1.807, 2.05) is 25.6 Å². The average molecular weight is 284 g/mol. The van der Waals surface area contributed by atoms with Gasteiger partial charge in [-0.15, -0.1) is 0 Å². The topological polar surface area (TPSA) is 66.5 Å². The van der Waals surface area contributed by atoms with Crippen molar-refractivity contribution in [2.75, 3.05) is 18.1 Å². The number of carbonyl (C=O) groups excluding carboxylic acids is 3. The number of imide groups is 2. The van der Waals surface area contributed by atoms with E-state index < -0.39 is 17.9 Å². The van der Waals surface area contributed by atoms with E-state index in [-0.39, 0.29) is 11.8 Å². The highest BCUT2D eigenvalue weighted by molar-refractivity contribution is 7.99. The summed E-state index contributed by atoms with van der Waals surface area (Å²) in [7, 11) is 0. The van der Waals surface area contributed by atoms with Crippen molar-refractivity contribution in [3.05, 3.63) is 0 Å². The number of urea groups is 1. The van der Waals surface area contributed by atoms with Crippen LogP contribution in [0.15, 0.2) is 0 Å². The minimum atomic E-state index is -0.726. The van der Waals surface area contributed by atoms with Gasteiger partial charge in [0.2, 0.25) is 11.8 Å². The largest absolute Gasteiger partial charge is 0.330 e. The van der Waals surface area contributed by atoms with Gasteiger partial charge in [0.05, 0.1) is 0 Å². The molecule has 2 fully saturated rings. The molecule has 0 aromatic heterocycles. The molecule has 1 unspecified atom stereocenters. The number of nitrogens with one attached hydrogen (secondary N) is 1.